The quantitative estimate of drug-likeness (QED) is 0.685. The Morgan fingerprint density at radius 3 is 2.52 bits per heavy atom. The molecule has 0 aliphatic carbocycles. The second-order valence-corrected chi connectivity index (χ2v) is 5.07. The molecule has 0 bridgehead atoms. The van der Waals surface area contributed by atoms with Crippen molar-refractivity contribution in [2.45, 2.75) is 13.8 Å². The molecule has 0 aliphatic rings. The highest BCUT2D eigenvalue weighted by atomic mass is 35.5. The smallest absolute Gasteiger partial charge is 0.282 e. The first-order chi connectivity index (χ1) is 9.90. The minimum atomic E-state index is -0.585. The summed E-state index contributed by atoms with van der Waals surface area (Å²) < 4.78 is 0. The summed E-state index contributed by atoms with van der Waals surface area (Å²) >= 11 is 6.12. The molecule has 1 N–H and O–H groups in total. The van der Waals surface area contributed by atoms with Gasteiger partial charge >= 0.3 is 0 Å². The average molecular weight is 305 g/mol. The van der Waals surface area contributed by atoms with Crippen LogP contribution < -0.4 is 5.32 Å². The van der Waals surface area contributed by atoms with E-state index < -0.39 is 10.8 Å². The summed E-state index contributed by atoms with van der Waals surface area (Å²) in [4.78, 5) is 22.6. The van der Waals surface area contributed by atoms with Crippen molar-refractivity contribution < 1.29 is 9.72 Å². The fraction of sp³-hybridized carbons (Fsp3) is 0.133. The third-order valence-electron chi connectivity index (χ3n) is 3.02. The fourth-order valence-corrected chi connectivity index (χ4v) is 2.45. The highest BCUT2D eigenvalue weighted by Crippen LogP contribution is 2.28. The Balaban J connectivity index is 2.38. The van der Waals surface area contributed by atoms with Crippen LogP contribution in [0.15, 0.2) is 36.4 Å². The molecule has 0 aromatic heterocycles. The summed E-state index contributed by atoms with van der Waals surface area (Å²) in [5.74, 6) is -0.559. The predicted octanol–water partition coefficient (Wildman–Crippen LogP) is 4.12. The second-order valence-electron chi connectivity index (χ2n) is 4.67. The Bertz CT molecular complexity index is 706. The summed E-state index contributed by atoms with van der Waals surface area (Å²) in [6.07, 6.45) is 0. The molecule has 0 aliphatic heterocycles. The van der Waals surface area contributed by atoms with Gasteiger partial charge in [0.1, 0.15) is 5.56 Å². The molecule has 0 saturated carbocycles. The minimum Gasteiger partial charge on any atom is -0.320 e. The van der Waals surface area contributed by atoms with Crippen molar-refractivity contribution in [3.8, 4) is 0 Å². The standard InChI is InChI=1S/C15H13ClN2O3/c1-9-7-10(2)14(12(16)8-9)17-15(19)11-5-3-4-6-13(11)18(20)21/h3-8H,1-2H3,(H,17,19). The summed E-state index contributed by atoms with van der Waals surface area (Å²) in [6.45, 7) is 3.71. The Labute approximate surface area is 126 Å². The maximum absolute atomic E-state index is 12.3. The van der Waals surface area contributed by atoms with E-state index in [9.17, 15) is 14.9 Å². The molecule has 2 rings (SSSR count). The SMILES string of the molecule is Cc1cc(C)c(NC(=O)c2ccccc2[N+](=O)[O-])c(Cl)c1. The van der Waals surface area contributed by atoms with Gasteiger partial charge in [-0.25, -0.2) is 0 Å². The van der Waals surface area contributed by atoms with Gasteiger partial charge in [-0.15, -0.1) is 0 Å². The van der Waals surface area contributed by atoms with Crippen LogP contribution >= 0.6 is 11.6 Å². The van der Waals surface area contributed by atoms with Crippen LogP contribution in [-0.2, 0) is 0 Å². The zero-order valence-electron chi connectivity index (χ0n) is 11.5. The van der Waals surface area contributed by atoms with Crippen molar-refractivity contribution in [1.29, 1.82) is 0 Å². The van der Waals surface area contributed by atoms with E-state index >= 15 is 0 Å². The van der Waals surface area contributed by atoms with Gasteiger partial charge in [-0.3, -0.25) is 14.9 Å². The maximum atomic E-state index is 12.3. The molecule has 2 aromatic rings. The van der Waals surface area contributed by atoms with Gasteiger partial charge in [0, 0.05) is 6.07 Å². The van der Waals surface area contributed by atoms with Gasteiger partial charge in [-0.1, -0.05) is 29.8 Å². The number of anilines is 1. The number of carbonyl (C=O) groups excluding carboxylic acids is 1. The number of nitrogens with one attached hydrogen (secondary N) is 1. The Morgan fingerprint density at radius 1 is 1.24 bits per heavy atom. The Morgan fingerprint density at radius 2 is 1.90 bits per heavy atom. The lowest BCUT2D eigenvalue weighted by molar-refractivity contribution is -0.385. The van der Waals surface area contributed by atoms with Crippen LogP contribution in [0.5, 0.6) is 0 Å². The van der Waals surface area contributed by atoms with Gasteiger partial charge in [0.15, 0.2) is 0 Å². The van der Waals surface area contributed by atoms with Gasteiger partial charge in [-0.05, 0) is 37.1 Å². The number of nitro benzene ring substituents is 1. The normalized spacial score (nSPS) is 10.2. The number of hydrogen-bond acceptors (Lipinski definition) is 3. The number of carbonyl (C=O) groups is 1. The number of benzene rings is 2. The lowest BCUT2D eigenvalue weighted by atomic mass is 10.1. The van der Waals surface area contributed by atoms with Crippen molar-refractivity contribution in [1.82, 2.24) is 0 Å². The summed E-state index contributed by atoms with van der Waals surface area (Å²) in [5.41, 5.74) is 1.99. The van der Waals surface area contributed by atoms with Crippen molar-refractivity contribution in [3.63, 3.8) is 0 Å². The van der Waals surface area contributed by atoms with E-state index in [1.165, 1.54) is 18.2 Å². The number of para-hydroxylation sites is 1. The first-order valence-corrected chi connectivity index (χ1v) is 6.59. The monoisotopic (exact) mass is 304 g/mol. The molecule has 0 heterocycles. The molecular weight excluding hydrogens is 292 g/mol. The van der Waals surface area contributed by atoms with E-state index in [0.29, 0.717) is 10.7 Å². The lowest BCUT2D eigenvalue weighted by Gasteiger charge is -2.11. The highest BCUT2D eigenvalue weighted by molar-refractivity contribution is 6.34. The Hall–Kier alpha value is -2.40. The molecule has 5 nitrogen and oxygen atoms in total. The van der Waals surface area contributed by atoms with Crippen molar-refractivity contribution >= 4 is 28.9 Å². The van der Waals surface area contributed by atoms with Gasteiger partial charge in [0.05, 0.1) is 15.6 Å². The predicted molar refractivity (Wildman–Crippen MR) is 82.0 cm³/mol. The number of amides is 1. The number of aryl methyl sites for hydroxylation is 2. The van der Waals surface area contributed by atoms with Crippen molar-refractivity contribution in [3.05, 3.63) is 68.2 Å². The molecule has 0 spiro atoms. The summed E-state index contributed by atoms with van der Waals surface area (Å²) in [6, 6.07) is 9.39. The maximum Gasteiger partial charge on any atom is 0.282 e. The topological polar surface area (TPSA) is 72.2 Å². The number of hydrogen-bond donors (Lipinski definition) is 1. The third-order valence-corrected chi connectivity index (χ3v) is 3.31. The fourth-order valence-electron chi connectivity index (χ4n) is 2.08. The van der Waals surface area contributed by atoms with Gasteiger partial charge < -0.3 is 5.32 Å². The molecule has 0 fully saturated rings. The number of nitrogens with zero attached hydrogens (tertiary/aromatic N) is 1. The van der Waals surface area contributed by atoms with E-state index in [0.717, 1.165) is 11.1 Å². The highest BCUT2D eigenvalue weighted by Gasteiger charge is 2.20. The van der Waals surface area contributed by atoms with E-state index in [4.69, 9.17) is 11.6 Å². The largest absolute Gasteiger partial charge is 0.320 e. The van der Waals surface area contributed by atoms with E-state index in [1.807, 2.05) is 19.9 Å². The van der Waals surface area contributed by atoms with E-state index in [1.54, 1.807) is 12.1 Å². The van der Waals surface area contributed by atoms with Crippen LogP contribution in [-0.4, -0.2) is 10.8 Å². The van der Waals surface area contributed by atoms with Crippen molar-refractivity contribution in [2.24, 2.45) is 0 Å². The molecule has 108 valence electrons. The van der Waals surface area contributed by atoms with E-state index in [-0.39, 0.29) is 11.3 Å². The molecule has 0 radical (unpaired) electrons. The number of nitro groups is 1. The van der Waals surface area contributed by atoms with Crippen LogP contribution in [0.2, 0.25) is 5.02 Å². The first kappa shape index (κ1) is 15.0. The molecule has 6 heteroatoms. The average Bonchev–Trinajstić information content (AvgIpc) is 2.42. The zero-order chi connectivity index (χ0) is 15.6. The molecular formula is C15H13ClN2O3. The molecule has 0 unspecified atom stereocenters. The number of rotatable bonds is 3. The van der Waals surface area contributed by atoms with Crippen LogP contribution in [0.25, 0.3) is 0 Å². The molecule has 21 heavy (non-hydrogen) atoms. The van der Waals surface area contributed by atoms with E-state index in [2.05, 4.69) is 5.32 Å². The van der Waals surface area contributed by atoms with Crippen LogP contribution in [0.1, 0.15) is 21.5 Å². The Kier molecular flexibility index (Phi) is 4.23. The van der Waals surface area contributed by atoms with Gasteiger partial charge in [0.25, 0.3) is 11.6 Å². The molecule has 2 aromatic carbocycles. The third kappa shape index (κ3) is 3.20. The van der Waals surface area contributed by atoms with Crippen molar-refractivity contribution in [2.75, 3.05) is 5.32 Å². The zero-order valence-corrected chi connectivity index (χ0v) is 12.3. The van der Waals surface area contributed by atoms with Crippen LogP contribution in [0.3, 0.4) is 0 Å². The molecule has 1 amide bonds. The van der Waals surface area contributed by atoms with Crippen LogP contribution in [0, 0.1) is 24.0 Å². The molecule has 0 saturated heterocycles. The van der Waals surface area contributed by atoms with Gasteiger partial charge in [-0.2, -0.15) is 0 Å². The lowest BCUT2D eigenvalue weighted by Crippen LogP contribution is -2.15. The first-order valence-electron chi connectivity index (χ1n) is 6.21. The minimum absolute atomic E-state index is 0.00135. The summed E-state index contributed by atoms with van der Waals surface area (Å²) in [7, 11) is 0. The second kappa shape index (κ2) is 5.93. The van der Waals surface area contributed by atoms with Gasteiger partial charge in [0.2, 0.25) is 0 Å². The van der Waals surface area contributed by atoms with Crippen LogP contribution in [0.4, 0.5) is 11.4 Å². The molecule has 0 atom stereocenters. The summed E-state index contributed by atoms with van der Waals surface area (Å²) in [5, 5.41) is 14.0. The number of halogens is 1.